The van der Waals surface area contributed by atoms with Gasteiger partial charge in [-0.1, -0.05) is 12.8 Å². The Kier molecular flexibility index (Phi) is 3.63. The number of thiocarbonyl (C=S) groups is 1. The van der Waals surface area contributed by atoms with E-state index < -0.39 is 0 Å². The molecule has 0 heterocycles. The Balaban J connectivity index is 1.88. The van der Waals surface area contributed by atoms with Gasteiger partial charge in [0.2, 0.25) is 0 Å². The summed E-state index contributed by atoms with van der Waals surface area (Å²) >= 11 is 5.00. The summed E-state index contributed by atoms with van der Waals surface area (Å²) in [5.41, 5.74) is 0. The fraction of sp³-hybridized carbons (Fsp3) is 0.875. The molecule has 0 aliphatic heterocycles. The van der Waals surface area contributed by atoms with Gasteiger partial charge in [0.15, 0.2) is 5.11 Å². The molecule has 0 amide bonds. The first-order valence-electron chi connectivity index (χ1n) is 4.34. The van der Waals surface area contributed by atoms with E-state index in [1.807, 2.05) is 0 Å². The average molecular weight is 172 g/mol. The van der Waals surface area contributed by atoms with E-state index in [2.05, 4.69) is 17.6 Å². The zero-order chi connectivity index (χ0) is 8.10. The lowest BCUT2D eigenvalue weighted by atomic mass is 10.3. The molecule has 0 saturated heterocycles. The second kappa shape index (κ2) is 4.54. The molecule has 0 atom stereocenters. The summed E-state index contributed by atoms with van der Waals surface area (Å²) in [6.45, 7) is 4.00. The fourth-order valence-corrected chi connectivity index (χ4v) is 1.27. The second-order valence-electron chi connectivity index (χ2n) is 3.02. The summed E-state index contributed by atoms with van der Waals surface area (Å²) in [4.78, 5) is 0. The van der Waals surface area contributed by atoms with Crippen LogP contribution in [0.3, 0.4) is 0 Å². The van der Waals surface area contributed by atoms with Crippen molar-refractivity contribution in [2.45, 2.75) is 26.2 Å². The molecule has 0 bridgehead atoms. The molecule has 0 aromatic heterocycles. The topological polar surface area (TPSA) is 24.1 Å². The lowest BCUT2D eigenvalue weighted by Crippen LogP contribution is -2.35. The van der Waals surface area contributed by atoms with Gasteiger partial charge in [0.1, 0.15) is 0 Å². The Hall–Kier alpha value is -0.310. The summed E-state index contributed by atoms with van der Waals surface area (Å²) < 4.78 is 0. The maximum absolute atomic E-state index is 5.00. The van der Waals surface area contributed by atoms with Crippen LogP contribution in [-0.2, 0) is 0 Å². The molecule has 2 N–H and O–H groups in total. The van der Waals surface area contributed by atoms with E-state index >= 15 is 0 Å². The van der Waals surface area contributed by atoms with E-state index in [4.69, 9.17) is 12.2 Å². The largest absolute Gasteiger partial charge is 0.363 e. The molecule has 0 aromatic rings. The monoisotopic (exact) mass is 172 g/mol. The van der Waals surface area contributed by atoms with Gasteiger partial charge < -0.3 is 10.6 Å². The summed E-state index contributed by atoms with van der Waals surface area (Å²) in [6.07, 6.45) is 4.14. The standard InChI is InChI=1S/C8H16N2S/c1-2-9-8(11)10-6-5-7-3-4-7/h7H,2-6H2,1H3,(H2,9,10,11). The number of hydrogen-bond donors (Lipinski definition) is 2. The van der Waals surface area contributed by atoms with Gasteiger partial charge in [-0.3, -0.25) is 0 Å². The highest BCUT2D eigenvalue weighted by molar-refractivity contribution is 7.80. The molecule has 1 aliphatic carbocycles. The van der Waals surface area contributed by atoms with Gasteiger partial charge >= 0.3 is 0 Å². The molecule has 1 fully saturated rings. The smallest absolute Gasteiger partial charge is 0.166 e. The highest BCUT2D eigenvalue weighted by Gasteiger charge is 2.20. The molecular weight excluding hydrogens is 156 g/mol. The predicted octanol–water partition coefficient (Wildman–Crippen LogP) is 1.27. The van der Waals surface area contributed by atoms with Crippen LogP contribution in [0.4, 0.5) is 0 Å². The van der Waals surface area contributed by atoms with Gasteiger partial charge in [-0.05, 0) is 31.5 Å². The Labute approximate surface area is 73.7 Å². The highest BCUT2D eigenvalue weighted by atomic mass is 32.1. The normalized spacial score (nSPS) is 16.1. The van der Waals surface area contributed by atoms with Crippen molar-refractivity contribution in [2.75, 3.05) is 13.1 Å². The van der Waals surface area contributed by atoms with Crippen LogP contribution in [0.5, 0.6) is 0 Å². The molecule has 0 unspecified atom stereocenters. The summed E-state index contributed by atoms with van der Waals surface area (Å²) in [5.74, 6) is 0.993. The molecule has 1 saturated carbocycles. The molecule has 64 valence electrons. The molecular formula is C8H16N2S. The van der Waals surface area contributed by atoms with E-state index in [1.165, 1.54) is 19.3 Å². The first-order chi connectivity index (χ1) is 5.33. The van der Waals surface area contributed by atoms with E-state index in [1.54, 1.807) is 0 Å². The first kappa shape index (κ1) is 8.78. The van der Waals surface area contributed by atoms with Gasteiger partial charge in [0.05, 0.1) is 0 Å². The molecule has 11 heavy (non-hydrogen) atoms. The Morgan fingerprint density at radius 3 is 2.73 bits per heavy atom. The van der Waals surface area contributed by atoms with Crippen molar-refractivity contribution < 1.29 is 0 Å². The van der Waals surface area contributed by atoms with Crippen LogP contribution in [0, 0.1) is 5.92 Å². The van der Waals surface area contributed by atoms with Crippen molar-refractivity contribution in [1.82, 2.24) is 10.6 Å². The maximum atomic E-state index is 5.00. The lowest BCUT2D eigenvalue weighted by molar-refractivity contribution is 0.693. The van der Waals surface area contributed by atoms with Crippen molar-refractivity contribution in [2.24, 2.45) is 5.92 Å². The van der Waals surface area contributed by atoms with Crippen molar-refractivity contribution in [1.29, 1.82) is 0 Å². The van der Waals surface area contributed by atoms with Crippen LogP contribution in [0.1, 0.15) is 26.2 Å². The average Bonchev–Trinajstić information content (AvgIpc) is 2.72. The SMILES string of the molecule is CCNC(=S)NCCC1CC1. The lowest BCUT2D eigenvalue weighted by Gasteiger charge is -2.07. The molecule has 0 spiro atoms. The van der Waals surface area contributed by atoms with Gasteiger partial charge in [-0.2, -0.15) is 0 Å². The summed E-state index contributed by atoms with van der Waals surface area (Å²) in [6, 6.07) is 0. The van der Waals surface area contributed by atoms with Crippen LogP contribution in [-0.4, -0.2) is 18.2 Å². The number of hydrogen-bond acceptors (Lipinski definition) is 1. The van der Waals surface area contributed by atoms with E-state index in [-0.39, 0.29) is 0 Å². The minimum Gasteiger partial charge on any atom is -0.363 e. The highest BCUT2D eigenvalue weighted by Crippen LogP contribution is 2.31. The van der Waals surface area contributed by atoms with E-state index in [9.17, 15) is 0 Å². The second-order valence-corrected chi connectivity index (χ2v) is 3.43. The molecule has 0 aromatic carbocycles. The number of rotatable bonds is 4. The summed E-state index contributed by atoms with van der Waals surface area (Å²) in [5, 5.41) is 7.03. The minimum absolute atomic E-state index is 0.799. The van der Waals surface area contributed by atoms with Gasteiger partial charge in [0.25, 0.3) is 0 Å². The minimum atomic E-state index is 0.799. The fourth-order valence-electron chi connectivity index (χ4n) is 1.02. The third-order valence-electron chi connectivity index (χ3n) is 1.87. The van der Waals surface area contributed by atoms with Crippen LogP contribution >= 0.6 is 12.2 Å². The molecule has 2 nitrogen and oxygen atoms in total. The van der Waals surface area contributed by atoms with Crippen LogP contribution in [0.15, 0.2) is 0 Å². The van der Waals surface area contributed by atoms with Gasteiger partial charge in [-0.15, -0.1) is 0 Å². The zero-order valence-corrected chi connectivity index (χ0v) is 7.84. The number of nitrogens with one attached hydrogen (secondary N) is 2. The quantitative estimate of drug-likeness (QED) is 0.625. The first-order valence-corrected chi connectivity index (χ1v) is 4.75. The van der Waals surface area contributed by atoms with Crippen molar-refractivity contribution >= 4 is 17.3 Å². The molecule has 1 aliphatic rings. The van der Waals surface area contributed by atoms with Crippen LogP contribution < -0.4 is 10.6 Å². The molecule has 0 radical (unpaired) electrons. The zero-order valence-electron chi connectivity index (χ0n) is 7.02. The van der Waals surface area contributed by atoms with E-state index in [0.29, 0.717) is 0 Å². The molecule has 3 heteroatoms. The van der Waals surface area contributed by atoms with Gasteiger partial charge in [0, 0.05) is 13.1 Å². The third kappa shape index (κ3) is 4.19. The van der Waals surface area contributed by atoms with Crippen molar-refractivity contribution in [3.05, 3.63) is 0 Å². The summed E-state index contributed by atoms with van der Waals surface area (Å²) in [7, 11) is 0. The Morgan fingerprint density at radius 1 is 1.45 bits per heavy atom. The molecule has 1 rings (SSSR count). The third-order valence-corrected chi connectivity index (χ3v) is 2.16. The van der Waals surface area contributed by atoms with Crippen molar-refractivity contribution in [3.63, 3.8) is 0 Å². The Bertz CT molecular complexity index is 132. The predicted molar refractivity (Wildman–Crippen MR) is 51.6 cm³/mol. The Morgan fingerprint density at radius 2 is 2.18 bits per heavy atom. The van der Waals surface area contributed by atoms with E-state index in [0.717, 1.165) is 24.1 Å². The maximum Gasteiger partial charge on any atom is 0.166 e. The van der Waals surface area contributed by atoms with Crippen LogP contribution in [0.2, 0.25) is 0 Å². The van der Waals surface area contributed by atoms with Crippen LogP contribution in [0.25, 0.3) is 0 Å². The van der Waals surface area contributed by atoms with Gasteiger partial charge in [-0.25, -0.2) is 0 Å². The van der Waals surface area contributed by atoms with Crippen molar-refractivity contribution in [3.8, 4) is 0 Å².